The molecule has 0 saturated carbocycles. The zero-order valence-electron chi connectivity index (χ0n) is 9.84. The first-order chi connectivity index (χ1) is 8.83. The summed E-state index contributed by atoms with van der Waals surface area (Å²) < 4.78 is 8.15. The molecule has 1 saturated heterocycles. The summed E-state index contributed by atoms with van der Waals surface area (Å²) in [5, 5.41) is 2.18. The number of ether oxygens (including phenoxy) is 1. The van der Waals surface area contributed by atoms with Gasteiger partial charge in [0.05, 0.1) is 37.8 Å². The van der Waals surface area contributed by atoms with E-state index in [1.165, 1.54) is 0 Å². The molecular formula is C11H14BrN5O. The van der Waals surface area contributed by atoms with Crippen molar-refractivity contribution in [1.82, 2.24) is 24.8 Å². The fourth-order valence-corrected chi connectivity index (χ4v) is 2.27. The second-order valence-corrected chi connectivity index (χ2v) is 4.93. The quantitative estimate of drug-likeness (QED) is 0.910. The number of fused-ring (bicyclic) bond motifs is 1. The van der Waals surface area contributed by atoms with Gasteiger partial charge in [0, 0.05) is 19.3 Å². The van der Waals surface area contributed by atoms with Gasteiger partial charge in [-0.15, -0.1) is 0 Å². The van der Waals surface area contributed by atoms with Gasteiger partial charge in [-0.05, 0) is 15.9 Å². The van der Waals surface area contributed by atoms with E-state index in [1.807, 2.05) is 16.8 Å². The first kappa shape index (κ1) is 12.0. The Bertz CT molecular complexity index is 537. The van der Waals surface area contributed by atoms with E-state index in [1.54, 1.807) is 6.20 Å². The maximum absolute atomic E-state index is 5.31. The summed E-state index contributed by atoms with van der Waals surface area (Å²) in [6, 6.07) is 0. The van der Waals surface area contributed by atoms with Crippen LogP contribution >= 0.6 is 15.9 Å². The van der Waals surface area contributed by atoms with Crippen molar-refractivity contribution < 1.29 is 4.74 Å². The van der Waals surface area contributed by atoms with Gasteiger partial charge in [-0.3, -0.25) is 4.40 Å². The molecule has 1 aliphatic heterocycles. The van der Waals surface area contributed by atoms with Gasteiger partial charge >= 0.3 is 0 Å². The summed E-state index contributed by atoms with van der Waals surface area (Å²) in [5.74, 6) is 0. The molecule has 0 atom stereocenters. The van der Waals surface area contributed by atoms with Crippen LogP contribution in [0.3, 0.4) is 0 Å². The summed E-state index contributed by atoms with van der Waals surface area (Å²) >= 11 is 3.37. The van der Waals surface area contributed by atoms with Crippen LogP contribution in [0.5, 0.6) is 0 Å². The van der Waals surface area contributed by atoms with E-state index in [0.717, 1.165) is 48.8 Å². The zero-order valence-corrected chi connectivity index (χ0v) is 11.4. The molecule has 0 unspecified atom stereocenters. The van der Waals surface area contributed by atoms with Crippen molar-refractivity contribution in [2.75, 3.05) is 26.3 Å². The Balaban J connectivity index is 1.72. The number of halogens is 1. The largest absolute Gasteiger partial charge is 0.379 e. The molecule has 1 fully saturated rings. The Morgan fingerprint density at radius 1 is 1.28 bits per heavy atom. The van der Waals surface area contributed by atoms with E-state index >= 15 is 0 Å². The molecule has 0 spiro atoms. The van der Waals surface area contributed by atoms with Crippen LogP contribution in [0.1, 0.15) is 5.69 Å². The van der Waals surface area contributed by atoms with Crippen molar-refractivity contribution in [1.29, 1.82) is 0 Å². The predicted molar refractivity (Wildman–Crippen MR) is 69.9 cm³/mol. The SMILES string of the molecule is Brc1cn2c(CNN3CCOCC3)cnc2cn1. The number of hydrogen-bond donors (Lipinski definition) is 1. The molecule has 0 amide bonds. The average molecular weight is 312 g/mol. The zero-order chi connectivity index (χ0) is 12.4. The van der Waals surface area contributed by atoms with E-state index in [9.17, 15) is 0 Å². The van der Waals surface area contributed by atoms with Gasteiger partial charge in [0.25, 0.3) is 0 Å². The maximum atomic E-state index is 5.31. The van der Waals surface area contributed by atoms with Gasteiger partial charge < -0.3 is 4.74 Å². The normalized spacial score (nSPS) is 17.4. The lowest BCUT2D eigenvalue weighted by Crippen LogP contribution is -2.45. The maximum Gasteiger partial charge on any atom is 0.155 e. The smallest absolute Gasteiger partial charge is 0.155 e. The minimum Gasteiger partial charge on any atom is -0.379 e. The number of nitrogens with zero attached hydrogens (tertiary/aromatic N) is 4. The number of rotatable bonds is 3. The van der Waals surface area contributed by atoms with Gasteiger partial charge in [0.1, 0.15) is 4.60 Å². The van der Waals surface area contributed by atoms with Crippen LogP contribution in [0.15, 0.2) is 23.2 Å². The average Bonchev–Trinajstić information content (AvgIpc) is 2.80. The van der Waals surface area contributed by atoms with Crippen LogP contribution in [0, 0.1) is 0 Å². The Labute approximate surface area is 113 Å². The Morgan fingerprint density at radius 3 is 2.94 bits per heavy atom. The highest BCUT2D eigenvalue weighted by Crippen LogP contribution is 2.10. The Morgan fingerprint density at radius 2 is 2.11 bits per heavy atom. The van der Waals surface area contributed by atoms with E-state index in [2.05, 4.69) is 36.3 Å². The second kappa shape index (κ2) is 5.31. The van der Waals surface area contributed by atoms with E-state index in [4.69, 9.17) is 4.74 Å². The van der Waals surface area contributed by atoms with Gasteiger partial charge in [-0.25, -0.2) is 20.4 Å². The third-order valence-corrected chi connectivity index (χ3v) is 3.35. The standard InChI is InChI=1S/C11H14BrN5O/c12-10-8-17-9(5-14-11(17)7-13-10)6-15-16-1-3-18-4-2-16/h5,7-8,15H,1-4,6H2. The lowest BCUT2D eigenvalue weighted by Gasteiger charge is -2.27. The molecule has 2 aromatic rings. The van der Waals surface area contributed by atoms with Crippen molar-refractivity contribution in [3.05, 3.63) is 28.9 Å². The minimum atomic E-state index is 0.748. The highest BCUT2D eigenvalue weighted by Gasteiger charge is 2.11. The van der Waals surface area contributed by atoms with Gasteiger partial charge in [0.15, 0.2) is 5.65 Å². The third kappa shape index (κ3) is 2.54. The van der Waals surface area contributed by atoms with Crippen molar-refractivity contribution in [3.63, 3.8) is 0 Å². The molecular weight excluding hydrogens is 298 g/mol. The molecule has 0 radical (unpaired) electrons. The number of morpholine rings is 1. The fraction of sp³-hybridized carbons (Fsp3) is 0.455. The van der Waals surface area contributed by atoms with Crippen molar-refractivity contribution in [2.45, 2.75) is 6.54 Å². The molecule has 18 heavy (non-hydrogen) atoms. The number of nitrogens with one attached hydrogen (secondary N) is 1. The van der Waals surface area contributed by atoms with Gasteiger partial charge in [0.2, 0.25) is 0 Å². The molecule has 0 aromatic carbocycles. The van der Waals surface area contributed by atoms with Crippen LogP contribution in [0.25, 0.3) is 5.65 Å². The topological polar surface area (TPSA) is 54.7 Å². The number of aromatic nitrogens is 3. The van der Waals surface area contributed by atoms with Crippen molar-refractivity contribution in [2.24, 2.45) is 0 Å². The molecule has 2 aromatic heterocycles. The van der Waals surface area contributed by atoms with E-state index < -0.39 is 0 Å². The summed E-state index contributed by atoms with van der Waals surface area (Å²) in [6.07, 6.45) is 5.55. The van der Waals surface area contributed by atoms with E-state index in [0.29, 0.717) is 0 Å². The molecule has 1 N–H and O–H groups in total. The summed E-state index contributed by atoms with van der Waals surface area (Å²) in [4.78, 5) is 8.48. The number of hydrogen-bond acceptors (Lipinski definition) is 5. The van der Waals surface area contributed by atoms with Crippen LogP contribution in [0.2, 0.25) is 0 Å². The van der Waals surface area contributed by atoms with Crippen LogP contribution in [-0.2, 0) is 11.3 Å². The highest BCUT2D eigenvalue weighted by molar-refractivity contribution is 9.10. The summed E-state index contributed by atoms with van der Waals surface area (Å²) in [6.45, 7) is 4.16. The number of imidazole rings is 1. The molecule has 6 nitrogen and oxygen atoms in total. The molecule has 3 heterocycles. The third-order valence-electron chi connectivity index (χ3n) is 2.94. The van der Waals surface area contributed by atoms with Gasteiger partial charge in [-0.2, -0.15) is 0 Å². The van der Waals surface area contributed by atoms with Crippen LogP contribution in [-0.4, -0.2) is 45.7 Å². The lowest BCUT2D eigenvalue weighted by molar-refractivity contribution is 0.0103. The molecule has 1 aliphatic rings. The fourth-order valence-electron chi connectivity index (χ4n) is 1.96. The second-order valence-electron chi connectivity index (χ2n) is 4.12. The summed E-state index contributed by atoms with van der Waals surface area (Å²) in [7, 11) is 0. The highest BCUT2D eigenvalue weighted by atomic mass is 79.9. The first-order valence-electron chi connectivity index (χ1n) is 5.86. The van der Waals surface area contributed by atoms with E-state index in [-0.39, 0.29) is 0 Å². The Kier molecular flexibility index (Phi) is 3.55. The molecule has 0 bridgehead atoms. The molecule has 0 aliphatic carbocycles. The number of hydrazine groups is 1. The monoisotopic (exact) mass is 311 g/mol. The lowest BCUT2D eigenvalue weighted by atomic mass is 10.4. The predicted octanol–water partition coefficient (Wildman–Crippen LogP) is 0.829. The van der Waals surface area contributed by atoms with Crippen LogP contribution in [0.4, 0.5) is 0 Å². The van der Waals surface area contributed by atoms with Gasteiger partial charge in [-0.1, -0.05) is 0 Å². The van der Waals surface area contributed by atoms with Crippen molar-refractivity contribution >= 4 is 21.6 Å². The minimum absolute atomic E-state index is 0.748. The first-order valence-corrected chi connectivity index (χ1v) is 6.66. The molecule has 7 heteroatoms. The van der Waals surface area contributed by atoms with Crippen molar-refractivity contribution in [3.8, 4) is 0 Å². The summed E-state index contributed by atoms with van der Waals surface area (Å²) in [5.41, 5.74) is 5.36. The molecule has 96 valence electrons. The molecule has 3 rings (SSSR count). The Hall–Kier alpha value is -1.02. The van der Waals surface area contributed by atoms with Crippen LogP contribution < -0.4 is 5.43 Å².